The van der Waals surface area contributed by atoms with E-state index in [1.54, 1.807) is 0 Å². The first-order valence-electron chi connectivity index (χ1n) is 6.83. The second-order valence-electron chi connectivity index (χ2n) is 5.25. The molecule has 1 nitrogen and oxygen atoms in total. The number of hydrogen-bond donors (Lipinski definition) is 1. The third kappa shape index (κ3) is 3.72. The summed E-state index contributed by atoms with van der Waals surface area (Å²) < 4.78 is 1.12. The van der Waals surface area contributed by atoms with Gasteiger partial charge in [-0.25, -0.2) is 0 Å². The molecule has 100 valence electrons. The van der Waals surface area contributed by atoms with Crippen molar-refractivity contribution < 1.29 is 0 Å². The lowest BCUT2D eigenvalue weighted by atomic mass is 9.83. The van der Waals surface area contributed by atoms with Crippen LogP contribution in [0.2, 0.25) is 5.02 Å². The van der Waals surface area contributed by atoms with E-state index in [1.807, 2.05) is 12.1 Å². The van der Waals surface area contributed by atoms with Crippen LogP contribution in [0.25, 0.3) is 0 Å². The molecular formula is C15H21BrClN. The Balaban J connectivity index is 2.07. The number of rotatable bonds is 4. The summed E-state index contributed by atoms with van der Waals surface area (Å²) in [6.07, 6.45) is 8.25. The van der Waals surface area contributed by atoms with Gasteiger partial charge in [0.05, 0.1) is 0 Å². The number of hydrogen-bond acceptors (Lipinski definition) is 1. The van der Waals surface area contributed by atoms with Crippen molar-refractivity contribution in [3.05, 3.63) is 33.3 Å². The van der Waals surface area contributed by atoms with Gasteiger partial charge in [0.15, 0.2) is 0 Å². The summed E-state index contributed by atoms with van der Waals surface area (Å²) in [7, 11) is 2.05. The molecule has 18 heavy (non-hydrogen) atoms. The molecule has 0 bridgehead atoms. The minimum Gasteiger partial charge on any atom is -0.313 e. The fraction of sp³-hybridized carbons (Fsp3) is 0.600. The molecule has 1 N–H and O–H groups in total. The monoisotopic (exact) mass is 329 g/mol. The van der Waals surface area contributed by atoms with E-state index in [-0.39, 0.29) is 0 Å². The van der Waals surface area contributed by atoms with Gasteiger partial charge in [0.1, 0.15) is 0 Å². The van der Waals surface area contributed by atoms with Crippen LogP contribution in [0.4, 0.5) is 0 Å². The second-order valence-corrected chi connectivity index (χ2v) is 6.54. The molecule has 1 aromatic rings. The minimum absolute atomic E-state index is 0.430. The summed E-state index contributed by atoms with van der Waals surface area (Å²) in [5, 5.41) is 4.24. The highest BCUT2D eigenvalue weighted by atomic mass is 79.9. The van der Waals surface area contributed by atoms with E-state index < -0.39 is 0 Å². The van der Waals surface area contributed by atoms with E-state index in [0.29, 0.717) is 6.04 Å². The number of benzene rings is 1. The van der Waals surface area contributed by atoms with Gasteiger partial charge in [-0.2, -0.15) is 0 Å². The van der Waals surface area contributed by atoms with Gasteiger partial charge in [-0.3, -0.25) is 0 Å². The predicted octanol–water partition coefficient (Wildman–Crippen LogP) is 5.33. The maximum atomic E-state index is 6.01. The zero-order valence-corrected chi connectivity index (χ0v) is 13.2. The molecule has 1 atom stereocenters. The van der Waals surface area contributed by atoms with Crippen LogP contribution in [0.1, 0.15) is 50.1 Å². The van der Waals surface area contributed by atoms with Crippen molar-refractivity contribution in [2.24, 2.45) is 5.92 Å². The molecule has 2 rings (SSSR count). The van der Waals surface area contributed by atoms with Gasteiger partial charge in [-0.1, -0.05) is 65.7 Å². The Bertz CT molecular complexity index is 388. The molecule has 0 aromatic heterocycles. The smallest absolute Gasteiger partial charge is 0.0417 e. The van der Waals surface area contributed by atoms with E-state index in [9.17, 15) is 0 Å². The second kappa shape index (κ2) is 6.93. The van der Waals surface area contributed by atoms with Crippen molar-refractivity contribution in [3.63, 3.8) is 0 Å². The lowest BCUT2D eigenvalue weighted by molar-refractivity contribution is 0.305. The molecule has 1 saturated carbocycles. The molecular weight excluding hydrogens is 310 g/mol. The Kier molecular flexibility index (Phi) is 5.53. The summed E-state index contributed by atoms with van der Waals surface area (Å²) in [5.41, 5.74) is 1.33. The van der Waals surface area contributed by atoms with E-state index in [0.717, 1.165) is 15.4 Å². The van der Waals surface area contributed by atoms with E-state index in [1.165, 1.54) is 44.1 Å². The zero-order valence-electron chi connectivity index (χ0n) is 10.9. The standard InChI is InChI=1S/C15H21BrClN/c1-18-15(9-11-5-3-2-4-6-11)13-8-7-12(17)10-14(13)16/h7-8,10-11,15,18H,2-6,9H2,1H3. The van der Waals surface area contributed by atoms with Crippen LogP contribution in [0, 0.1) is 5.92 Å². The lowest BCUT2D eigenvalue weighted by Crippen LogP contribution is -2.21. The maximum Gasteiger partial charge on any atom is 0.0417 e. The van der Waals surface area contributed by atoms with Crippen LogP contribution in [0.15, 0.2) is 22.7 Å². The predicted molar refractivity (Wildman–Crippen MR) is 82.1 cm³/mol. The molecule has 1 aliphatic carbocycles. The highest BCUT2D eigenvalue weighted by molar-refractivity contribution is 9.10. The Morgan fingerprint density at radius 3 is 2.67 bits per heavy atom. The fourth-order valence-corrected chi connectivity index (χ4v) is 3.90. The van der Waals surface area contributed by atoms with Gasteiger partial charge in [0, 0.05) is 15.5 Å². The zero-order chi connectivity index (χ0) is 13.0. The Morgan fingerprint density at radius 1 is 1.33 bits per heavy atom. The van der Waals surface area contributed by atoms with E-state index in [2.05, 4.69) is 34.4 Å². The highest BCUT2D eigenvalue weighted by Crippen LogP contribution is 2.34. The number of halogens is 2. The van der Waals surface area contributed by atoms with Crippen LogP contribution in [0.5, 0.6) is 0 Å². The molecule has 0 heterocycles. The fourth-order valence-electron chi connectivity index (χ4n) is 2.94. The molecule has 0 saturated heterocycles. The summed E-state index contributed by atoms with van der Waals surface area (Å²) in [6, 6.07) is 6.53. The van der Waals surface area contributed by atoms with Gasteiger partial charge < -0.3 is 5.32 Å². The molecule has 0 amide bonds. The Morgan fingerprint density at radius 2 is 2.06 bits per heavy atom. The normalized spacial score (nSPS) is 18.8. The SMILES string of the molecule is CNC(CC1CCCCC1)c1ccc(Cl)cc1Br. The average molecular weight is 331 g/mol. The van der Waals surface area contributed by atoms with Crippen LogP contribution < -0.4 is 5.32 Å². The summed E-state index contributed by atoms with van der Waals surface area (Å²) >= 11 is 9.64. The van der Waals surface area contributed by atoms with Crippen LogP contribution in [-0.4, -0.2) is 7.05 Å². The molecule has 1 aliphatic rings. The lowest BCUT2D eigenvalue weighted by Gasteiger charge is -2.27. The third-order valence-corrected chi connectivity index (χ3v) is 4.90. The van der Waals surface area contributed by atoms with Gasteiger partial charge >= 0.3 is 0 Å². The van der Waals surface area contributed by atoms with Crippen molar-refractivity contribution in [2.75, 3.05) is 7.05 Å². The molecule has 0 radical (unpaired) electrons. The van der Waals surface area contributed by atoms with Gasteiger partial charge in [0.25, 0.3) is 0 Å². The van der Waals surface area contributed by atoms with Crippen LogP contribution in [-0.2, 0) is 0 Å². The third-order valence-electron chi connectivity index (χ3n) is 3.98. The average Bonchev–Trinajstić information content (AvgIpc) is 2.38. The molecule has 0 aliphatic heterocycles. The minimum atomic E-state index is 0.430. The highest BCUT2D eigenvalue weighted by Gasteiger charge is 2.20. The van der Waals surface area contributed by atoms with Gasteiger partial charge in [0.2, 0.25) is 0 Å². The van der Waals surface area contributed by atoms with Gasteiger partial charge in [-0.15, -0.1) is 0 Å². The topological polar surface area (TPSA) is 12.0 Å². The molecule has 0 spiro atoms. The first-order chi connectivity index (χ1) is 8.70. The van der Waals surface area contributed by atoms with Crippen molar-refractivity contribution in [3.8, 4) is 0 Å². The Hall–Kier alpha value is -0.0500. The van der Waals surface area contributed by atoms with E-state index in [4.69, 9.17) is 11.6 Å². The summed E-state index contributed by atoms with van der Waals surface area (Å²) in [4.78, 5) is 0. The largest absolute Gasteiger partial charge is 0.313 e. The molecule has 1 aromatic carbocycles. The summed E-state index contributed by atoms with van der Waals surface area (Å²) in [6.45, 7) is 0. The maximum absolute atomic E-state index is 6.01. The Labute approximate surface area is 123 Å². The number of nitrogens with one attached hydrogen (secondary N) is 1. The first-order valence-corrected chi connectivity index (χ1v) is 8.00. The molecule has 1 fully saturated rings. The first kappa shape index (κ1) is 14.4. The summed E-state index contributed by atoms with van der Waals surface area (Å²) in [5.74, 6) is 0.874. The van der Waals surface area contributed by atoms with Crippen LogP contribution in [0.3, 0.4) is 0 Å². The van der Waals surface area contributed by atoms with Crippen LogP contribution >= 0.6 is 27.5 Å². The van der Waals surface area contributed by atoms with Crippen molar-refractivity contribution in [1.82, 2.24) is 5.32 Å². The van der Waals surface area contributed by atoms with Crippen molar-refractivity contribution in [2.45, 2.75) is 44.6 Å². The van der Waals surface area contributed by atoms with Crippen molar-refractivity contribution >= 4 is 27.5 Å². The molecule has 1 unspecified atom stereocenters. The van der Waals surface area contributed by atoms with E-state index >= 15 is 0 Å². The quantitative estimate of drug-likeness (QED) is 0.786. The molecule has 3 heteroatoms. The van der Waals surface area contributed by atoms with Crippen molar-refractivity contribution in [1.29, 1.82) is 0 Å². The van der Waals surface area contributed by atoms with Gasteiger partial charge in [-0.05, 0) is 37.1 Å².